The van der Waals surface area contributed by atoms with E-state index in [9.17, 15) is 19.5 Å². The third-order valence-electron chi connectivity index (χ3n) is 5.89. The Kier molecular flexibility index (Phi) is 6.97. The standard InChI is InChI=1S/C26H22N4O4S2/c31-21(29-27-14-16-8-4-5-11-18(16)25(33)34)15-35-26-28-23-22(19-12-6-7-13-20(19)36-23)24(32)30(26)17-9-2-1-3-10-17/h1-5,8-11,14H,6-7,12-13,15H2,(H,29,31)(H,33,34). The highest BCUT2D eigenvalue weighted by atomic mass is 32.2. The number of thiophene rings is 1. The number of hydrogen-bond acceptors (Lipinski definition) is 7. The van der Waals surface area contributed by atoms with Crippen molar-refractivity contribution < 1.29 is 14.7 Å². The van der Waals surface area contributed by atoms with E-state index in [0.29, 0.717) is 26.6 Å². The number of carbonyl (C=O) groups is 2. The number of aromatic carboxylic acids is 1. The van der Waals surface area contributed by atoms with Crippen LogP contribution >= 0.6 is 23.1 Å². The third-order valence-corrected chi connectivity index (χ3v) is 8.01. The number of amides is 1. The minimum atomic E-state index is -1.07. The zero-order valence-corrected chi connectivity index (χ0v) is 20.8. The largest absolute Gasteiger partial charge is 0.478 e. The molecule has 2 N–H and O–H groups in total. The summed E-state index contributed by atoms with van der Waals surface area (Å²) in [5.41, 5.74) is 4.59. The van der Waals surface area contributed by atoms with E-state index in [0.717, 1.165) is 43.0 Å². The number of carboxylic acids is 1. The molecule has 1 aliphatic rings. The number of carboxylic acid groups (broad SMARTS) is 1. The van der Waals surface area contributed by atoms with Crippen molar-refractivity contribution in [2.75, 3.05) is 5.75 Å². The Hall–Kier alpha value is -3.76. The van der Waals surface area contributed by atoms with Gasteiger partial charge in [0.2, 0.25) is 0 Å². The van der Waals surface area contributed by atoms with Crippen molar-refractivity contribution in [1.29, 1.82) is 0 Å². The molecule has 0 saturated heterocycles. The second-order valence-electron chi connectivity index (χ2n) is 8.24. The lowest BCUT2D eigenvalue weighted by Gasteiger charge is -2.13. The van der Waals surface area contributed by atoms with Gasteiger partial charge in [-0.15, -0.1) is 11.3 Å². The summed E-state index contributed by atoms with van der Waals surface area (Å²) in [6.45, 7) is 0. The molecule has 0 atom stereocenters. The molecule has 182 valence electrons. The molecule has 5 rings (SSSR count). The Labute approximate surface area is 214 Å². The van der Waals surface area contributed by atoms with E-state index in [1.54, 1.807) is 34.1 Å². The van der Waals surface area contributed by atoms with E-state index in [-0.39, 0.29) is 16.9 Å². The summed E-state index contributed by atoms with van der Waals surface area (Å²) < 4.78 is 1.58. The zero-order valence-electron chi connectivity index (χ0n) is 19.1. The molecular weight excluding hydrogens is 496 g/mol. The average Bonchev–Trinajstić information content (AvgIpc) is 3.27. The summed E-state index contributed by atoms with van der Waals surface area (Å²) in [6.07, 6.45) is 5.34. The van der Waals surface area contributed by atoms with E-state index in [4.69, 9.17) is 4.98 Å². The molecule has 2 aromatic heterocycles. The second kappa shape index (κ2) is 10.5. The molecule has 4 aromatic rings. The van der Waals surface area contributed by atoms with Crippen molar-refractivity contribution in [3.05, 3.63) is 86.5 Å². The van der Waals surface area contributed by atoms with Gasteiger partial charge < -0.3 is 5.11 Å². The predicted molar refractivity (Wildman–Crippen MR) is 142 cm³/mol. The van der Waals surface area contributed by atoms with Crippen LogP contribution < -0.4 is 11.0 Å². The molecule has 0 spiro atoms. The van der Waals surface area contributed by atoms with Crippen molar-refractivity contribution in [2.45, 2.75) is 30.8 Å². The fraction of sp³-hybridized carbons (Fsp3) is 0.192. The number of aryl methyl sites for hydroxylation is 2. The Bertz CT molecular complexity index is 1540. The van der Waals surface area contributed by atoms with Crippen LogP contribution in [0.15, 0.2) is 69.6 Å². The average molecular weight is 519 g/mol. The van der Waals surface area contributed by atoms with Gasteiger partial charge in [-0.25, -0.2) is 15.2 Å². The molecule has 2 heterocycles. The van der Waals surface area contributed by atoms with Crippen LogP contribution in [0, 0.1) is 0 Å². The van der Waals surface area contributed by atoms with Gasteiger partial charge in [0.15, 0.2) is 5.16 Å². The minimum absolute atomic E-state index is 0.0201. The van der Waals surface area contributed by atoms with Gasteiger partial charge in [-0.1, -0.05) is 48.2 Å². The number of benzene rings is 2. The number of aromatic nitrogens is 2. The molecule has 0 radical (unpaired) electrons. The van der Waals surface area contributed by atoms with E-state index in [1.807, 2.05) is 30.3 Å². The van der Waals surface area contributed by atoms with Gasteiger partial charge in [-0.3, -0.25) is 14.2 Å². The summed E-state index contributed by atoms with van der Waals surface area (Å²) >= 11 is 2.73. The highest BCUT2D eigenvalue weighted by molar-refractivity contribution is 7.99. The van der Waals surface area contributed by atoms with Gasteiger partial charge in [-0.05, 0) is 49.4 Å². The highest BCUT2D eigenvalue weighted by Gasteiger charge is 2.23. The first-order valence-electron chi connectivity index (χ1n) is 11.4. The van der Waals surface area contributed by atoms with Gasteiger partial charge in [0.25, 0.3) is 11.5 Å². The molecule has 0 unspecified atom stereocenters. The normalized spacial score (nSPS) is 13.1. The van der Waals surface area contributed by atoms with Crippen LogP contribution in [0.2, 0.25) is 0 Å². The molecule has 2 aromatic carbocycles. The lowest BCUT2D eigenvalue weighted by Crippen LogP contribution is -2.24. The van der Waals surface area contributed by atoms with Gasteiger partial charge in [0, 0.05) is 10.4 Å². The smallest absolute Gasteiger partial charge is 0.336 e. The molecule has 0 bridgehead atoms. The fourth-order valence-corrected chi connectivity index (χ4v) is 6.34. The first-order chi connectivity index (χ1) is 17.5. The van der Waals surface area contributed by atoms with Crippen molar-refractivity contribution in [3.8, 4) is 5.69 Å². The molecule has 36 heavy (non-hydrogen) atoms. The van der Waals surface area contributed by atoms with Crippen molar-refractivity contribution in [2.24, 2.45) is 5.10 Å². The Balaban J connectivity index is 1.40. The maximum atomic E-state index is 13.7. The number of carbonyl (C=O) groups excluding carboxylic acids is 1. The summed E-state index contributed by atoms with van der Waals surface area (Å²) in [5.74, 6) is -1.49. The van der Waals surface area contributed by atoms with Gasteiger partial charge in [-0.2, -0.15) is 5.10 Å². The summed E-state index contributed by atoms with van der Waals surface area (Å²) in [7, 11) is 0. The Morgan fingerprint density at radius 2 is 1.86 bits per heavy atom. The summed E-state index contributed by atoms with van der Waals surface area (Å²) in [4.78, 5) is 44.3. The number of hydrogen-bond donors (Lipinski definition) is 2. The highest BCUT2D eigenvalue weighted by Crippen LogP contribution is 2.35. The van der Waals surface area contributed by atoms with Crippen molar-refractivity contribution in [1.82, 2.24) is 15.0 Å². The summed E-state index contributed by atoms with van der Waals surface area (Å²) in [6, 6.07) is 15.7. The topological polar surface area (TPSA) is 114 Å². The molecule has 8 nitrogen and oxygen atoms in total. The van der Waals surface area contributed by atoms with E-state index in [1.165, 1.54) is 17.2 Å². The maximum absolute atomic E-state index is 13.7. The van der Waals surface area contributed by atoms with Crippen molar-refractivity contribution in [3.63, 3.8) is 0 Å². The molecule has 0 fully saturated rings. The van der Waals surface area contributed by atoms with Crippen LogP contribution in [-0.2, 0) is 17.6 Å². The fourth-order valence-electron chi connectivity index (χ4n) is 4.23. The molecule has 10 heteroatoms. The van der Waals surface area contributed by atoms with E-state index in [2.05, 4.69) is 10.5 Å². The predicted octanol–water partition coefficient (Wildman–Crippen LogP) is 4.27. The van der Waals surface area contributed by atoms with E-state index < -0.39 is 11.9 Å². The number of thioether (sulfide) groups is 1. The lowest BCUT2D eigenvalue weighted by molar-refractivity contribution is -0.118. The number of fused-ring (bicyclic) bond motifs is 3. The summed E-state index contributed by atoms with van der Waals surface area (Å²) in [5, 5.41) is 14.3. The molecule has 0 saturated carbocycles. The molecule has 0 aliphatic heterocycles. The number of para-hydroxylation sites is 1. The monoisotopic (exact) mass is 518 g/mol. The number of hydrazone groups is 1. The maximum Gasteiger partial charge on any atom is 0.336 e. The minimum Gasteiger partial charge on any atom is -0.478 e. The van der Waals surface area contributed by atoms with Crippen LogP contribution in [0.1, 0.15) is 39.2 Å². The van der Waals surface area contributed by atoms with Crippen molar-refractivity contribution >= 4 is 51.4 Å². The zero-order chi connectivity index (χ0) is 25.1. The SMILES string of the molecule is O=C(CSc1nc2sc3c(c2c(=O)n1-c1ccccc1)CCCC3)NN=Cc1ccccc1C(=O)O. The van der Waals surface area contributed by atoms with Gasteiger partial charge in [0.1, 0.15) is 4.83 Å². The number of nitrogens with zero attached hydrogens (tertiary/aromatic N) is 3. The first-order valence-corrected chi connectivity index (χ1v) is 13.2. The Morgan fingerprint density at radius 3 is 2.67 bits per heavy atom. The first kappa shape index (κ1) is 24.0. The van der Waals surface area contributed by atoms with Gasteiger partial charge in [0.05, 0.1) is 28.6 Å². The number of nitrogens with one attached hydrogen (secondary N) is 1. The lowest BCUT2D eigenvalue weighted by atomic mass is 9.97. The quantitative estimate of drug-likeness (QED) is 0.164. The van der Waals surface area contributed by atoms with Crippen LogP contribution in [0.4, 0.5) is 0 Å². The van der Waals surface area contributed by atoms with Crippen LogP contribution in [0.25, 0.3) is 15.9 Å². The third kappa shape index (κ3) is 4.82. The second-order valence-corrected chi connectivity index (χ2v) is 10.3. The van der Waals surface area contributed by atoms with Crippen LogP contribution in [-0.4, -0.2) is 38.5 Å². The molecule has 1 aliphatic carbocycles. The molecular formula is C26H22N4O4S2. The number of rotatable bonds is 7. The van der Waals surface area contributed by atoms with E-state index >= 15 is 0 Å². The van der Waals surface area contributed by atoms with Gasteiger partial charge >= 0.3 is 5.97 Å². The Morgan fingerprint density at radius 1 is 1.11 bits per heavy atom. The molecule has 1 amide bonds. The van der Waals surface area contributed by atoms with Crippen LogP contribution in [0.3, 0.4) is 0 Å². The van der Waals surface area contributed by atoms with Crippen LogP contribution in [0.5, 0.6) is 0 Å².